The van der Waals surface area contributed by atoms with Gasteiger partial charge in [0, 0.05) is 13.1 Å². The van der Waals surface area contributed by atoms with E-state index in [1.165, 1.54) is 18.4 Å². The Balaban J connectivity index is 1.98. The standard InChI is InChI=1S/C24H40N3OP/c1-6-12-22(21-13-8-7-9-14-21)25-29(28)26(17-19(2)3)23-15-10-11-16-24(23)27(29)18-20(4)5/h6-9,13-14,19-20,22-24H,1,10-12,15-18H2,2-5H3,(H,25,28)/t22-,23-,24-/m1/s1. The topological polar surface area (TPSA) is 41.6 Å². The lowest BCUT2D eigenvalue weighted by molar-refractivity contribution is -0.196. The van der Waals surface area contributed by atoms with E-state index >= 15 is 0 Å². The smallest absolute Gasteiger partial charge is 0.184 e. The maximum Gasteiger partial charge on any atom is 0.184 e. The second-order valence-electron chi connectivity index (χ2n) is 9.61. The highest BCUT2D eigenvalue weighted by atomic mass is 31.2. The third-order valence-electron chi connectivity index (χ3n) is 6.19. The van der Waals surface area contributed by atoms with E-state index in [-0.39, 0.29) is 6.04 Å². The molecule has 4 nitrogen and oxygen atoms in total. The quantitative estimate of drug-likeness (QED) is 0.444. The highest BCUT2D eigenvalue weighted by Gasteiger charge is 2.59. The van der Waals surface area contributed by atoms with E-state index in [1.807, 2.05) is 12.1 Å². The molecule has 1 aromatic carbocycles. The number of rotatable bonds is 9. The maximum absolute atomic E-state index is 14.9. The third-order valence-corrected chi connectivity index (χ3v) is 9.15. The minimum absolute atomic E-state index is 0.0176. The van der Waals surface area contributed by atoms with E-state index in [4.69, 9.17) is 0 Å². The van der Waals surface area contributed by atoms with Crippen molar-refractivity contribution < 1.29 is 4.89 Å². The molecule has 1 saturated carbocycles. The zero-order valence-corrected chi connectivity index (χ0v) is 19.7. The molecule has 2 fully saturated rings. The van der Waals surface area contributed by atoms with E-state index < -0.39 is 7.94 Å². The second kappa shape index (κ2) is 10.0. The molecule has 1 aliphatic heterocycles. The van der Waals surface area contributed by atoms with Crippen LogP contribution < -0.4 is 9.98 Å². The van der Waals surface area contributed by atoms with Gasteiger partial charge in [-0.25, -0.2) is 0 Å². The first-order valence-electron chi connectivity index (χ1n) is 11.4. The van der Waals surface area contributed by atoms with E-state index in [0.29, 0.717) is 23.9 Å². The number of hydrogen-bond donors (Lipinski definition) is 1. The lowest BCUT2D eigenvalue weighted by Crippen LogP contribution is -2.46. The van der Waals surface area contributed by atoms with Gasteiger partial charge in [0.25, 0.3) is 0 Å². The van der Waals surface area contributed by atoms with Crippen LogP contribution in [0.25, 0.3) is 0 Å². The Kier molecular flexibility index (Phi) is 7.92. The van der Waals surface area contributed by atoms with Crippen LogP contribution in [0.1, 0.15) is 71.4 Å². The molecule has 0 amide bonds. The van der Waals surface area contributed by atoms with E-state index in [9.17, 15) is 4.89 Å². The summed E-state index contributed by atoms with van der Waals surface area (Å²) in [5.41, 5.74) is 1.19. The van der Waals surface area contributed by atoms with Crippen LogP contribution in [0.3, 0.4) is 0 Å². The fourth-order valence-electron chi connectivity index (χ4n) is 5.04. The SMILES string of the molecule is C=CC[C@@H](N[P+]1([O-])N(CC(C)C)[C@@H]2CCCC[C@H]2N1CC(C)C)c1ccccc1. The summed E-state index contributed by atoms with van der Waals surface area (Å²) in [4.78, 5) is 14.9. The molecule has 0 aromatic heterocycles. The van der Waals surface area contributed by atoms with Crippen LogP contribution in [0.4, 0.5) is 0 Å². The van der Waals surface area contributed by atoms with Crippen molar-refractivity contribution in [3.63, 3.8) is 0 Å². The van der Waals surface area contributed by atoms with Gasteiger partial charge in [0.05, 0.1) is 18.1 Å². The summed E-state index contributed by atoms with van der Waals surface area (Å²) >= 11 is 0. The van der Waals surface area contributed by atoms with Gasteiger partial charge in [-0.1, -0.05) is 76.9 Å². The average Bonchev–Trinajstić information content (AvgIpc) is 2.90. The second-order valence-corrected chi connectivity index (χ2v) is 12.0. The Labute approximate surface area is 179 Å². The minimum Gasteiger partial charge on any atom is -0.636 e. The van der Waals surface area contributed by atoms with Gasteiger partial charge < -0.3 is 4.89 Å². The van der Waals surface area contributed by atoms with E-state index in [1.54, 1.807) is 0 Å². The Morgan fingerprint density at radius 3 is 2.00 bits per heavy atom. The predicted octanol–water partition coefficient (Wildman–Crippen LogP) is 5.17. The third kappa shape index (κ3) is 5.11. The molecule has 1 heterocycles. The summed E-state index contributed by atoms with van der Waals surface area (Å²) in [6.07, 6.45) is 7.54. The van der Waals surface area contributed by atoms with E-state index in [0.717, 1.165) is 32.4 Å². The number of nitrogens with zero attached hydrogens (tertiary/aromatic N) is 2. The Morgan fingerprint density at radius 1 is 1.03 bits per heavy atom. The molecular formula is C24H40N3OP. The Bertz CT molecular complexity index is 625. The number of nitrogens with one attached hydrogen (secondary N) is 1. The number of hydrogen-bond acceptors (Lipinski definition) is 4. The van der Waals surface area contributed by atoms with Crippen molar-refractivity contribution in [2.75, 3.05) is 13.1 Å². The van der Waals surface area contributed by atoms with Gasteiger partial charge in [0.15, 0.2) is 7.94 Å². The number of benzene rings is 1. The van der Waals surface area contributed by atoms with Crippen molar-refractivity contribution in [2.45, 2.75) is 77.9 Å². The zero-order valence-electron chi connectivity index (χ0n) is 18.8. The largest absolute Gasteiger partial charge is 0.636 e. The molecule has 1 N–H and O–H groups in total. The summed E-state index contributed by atoms with van der Waals surface area (Å²) in [5.74, 6) is 0.975. The molecule has 3 atom stereocenters. The van der Waals surface area contributed by atoms with Crippen LogP contribution in [-0.2, 0) is 0 Å². The molecule has 2 aliphatic rings. The minimum atomic E-state index is -2.89. The molecule has 5 heteroatoms. The summed E-state index contributed by atoms with van der Waals surface area (Å²) < 4.78 is 4.76. The first-order valence-corrected chi connectivity index (χ1v) is 13.1. The van der Waals surface area contributed by atoms with Crippen molar-refractivity contribution in [2.24, 2.45) is 11.8 Å². The fraction of sp³-hybridized carbons (Fsp3) is 0.667. The van der Waals surface area contributed by atoms with Gasteiger partial charge in [-0.3, -0.25) is 0 Å². The van der Waals surface area contributed by atoms with Crippen LogP contribution in [0.15, 0.2) is 43.0 Å². The van der Waals surface area contributed by atoms with Crippen molar-refractivity contribution in [3.05, 3.63) is 48.6 Å². The lowest BCUT2D eigenvalue weighted by Gasteiger charge is -2.43. The van der Waals surface area contributed by atoms with Gasteiger partial charge >= 0.3 is 0 Å². The van der Waals surface area contributed by atoms with Crippen LogP contribution in [-0.4, -0.2) is 34.5 Å². The highest BCUT2D eigenvalue weighted by Crippen LogP contribution is 2.65. The van der Waals surface area contributed by atoms with Crippen molar-refractivity contribution >= 4 is 7.94 Å². The lowest BCUT2D eigenvalue weighted by atomic mass is 9.89. The van der Waals surface area contributed by atoms with Gasteiger partial charge in [-0.15, -0.1) is 15.9 Å². The Morgan fingerprint density at radius 2 is 1.55 bits per heavy atom. The highest BCUT2D eigenvalue weighted by molar-refractivity contribution is 7.62. The molecule has 1 aliphatic carbocycles. The van der Waals surface area contributed by atoms with Crippen molar-refractivity contribution in [1.29, 1.82) is 0 Å². The summed E-state index contributed by atoms with van der Waals surface area (Å²) in [7, 11) is -2.89. The fourth-order valence-corrected chi connectivity index (χ4v) is 8.73. The van der Waals surface area contributed by atoms with Crippen LogP contribution >= 0.6 is 7.94 Å². The van der Waals surface area contributed by atoms with Crippen LogP contribution in [0.2, 0.25) is 0 Å². The first-order chi connectivity index (χ1) is 13.9. The summed E-state index contributed by atoms with van der Waals surface area (Å²) in [6.45, 7) is 14.7. The van der Waals surface area contributed by atoms with Crippen LogP contribution in [0, 0.1) is 11.8 Å². The Hall–Kier alpha value is -0.770. The molecule has 1 aromatic rings. The zero-order chi connectivity index (χ0) is 21.0. The molecule has 1 saturated heterocycles. The summed E-state index contributed by atoms with van der Waals surface area (Å²) in [5, 5.41) is 3.71. The average molecular weight is 418 g/mol. The molecule has 29 heavy (non-hydrogen) atoms. The van der Waals surface area contributed by atoms with Gasteiger partial charge in [0.1, 0.15) is 0 Å². The number of fused-ring (bicyclic) bond motifs is 1. The molecule has 0 bridgehead atoms. The normalized spacial score (nSPS) is 26.0. The van der Waals surface area contributed by atoms with Gasteiger partial charge in [-0.05, 0) is 36.7 Å². The molecule has 0 unspecified atom stereocenters. The van der Waals surface area contributed by atoms with Crippen LogP contribution in [0.5, 0.6) is 0 Å². The first kappa shape index (κ1) is 22.9. The maximum atomic E-state index is 14.9. The van der Waals surface area contributed by atoms with Gasteiger partial charge in [-0.2, -0.15) is 5.09 Å². The molecule has 0 radical (unpaired) electrons. The van der Waals surface area contributed by atoms with Crippen molar-refractivity contribution in [1.82, 2.24) is 14.4 Å². The molecular weight excluding hydrogens is 377 g/mol. The monoisotopic (exact) mass is 417 g/mol. The van der Waals surface area contributed by atoms with Crippen molar-refractivity contribution in [3.8, 4) is 0 Å². The molecule has 3 rings (SSSR count). The molecule has 0 spiro atoms. The molecule has 162 valence electrons. The van der Waals surface area contributed by atoms with Gasteiger partial charge in [0.2, 0.25) is 0 Å². The van der Waals surface area contributed by atoms with E-state index in [2.05, 4.69) is 73.0 Å². The predicted molar refractivity (Wildman–Crippen MR) is 123 cm³/mol. The summed E-state index contributed by atoms with van der Waals surface area (Å²) in [6, 6.07) is 11.3.